The van der Waals surface area contributed by atoms with Crippen LogP contribution in [0.15, 0.2) is 35.0 Å². The Kier molecular flexibility index (Phi) is 5.06. The fraction of sp³-hybridized carbons (Fsp3) is 0.409. The normalized spacial score (nSPS) is 24.0. The van der Waals surface area contributed by atoms with Crippen LogP contribution >= 0.6 is 0 Å². The summed E-state index contributed by atoms with van der Waals surface area (Å²) < 4.78 is 59.6. The molecule has 2 bridgehead atoms. The lowest BCUT2D eigenvalue weighted by molar-refractivity contribution is -0.137. The number of hydrogen-bond acceptors (Lipinski definition) is 6. The quantitative estimate of drug-likeness (QED) is 0.539. The van der Waals surface area contributed by atoms with Gasteiger partial charge >= 0.3 is 12.2 Å². The number of piperidine rings is 1. The van der Waals surface area contributed by atoms with E-state index in [9.17, 15) is 22.4 Å². The highest BCUT2D eigenvalue weighted by Gasteiger charge is 2.62. The SMILES string of the molecule is Cc1nnc([C@@]23CC(C[C@H](C)C2)N3C(=O)Nc2ccc(C(F)(F)F)c(-c3ncc(F)cn3)c2)o1. The van der Waals surface area contributed by atoms with Gasteiger partial charge in [0.2, 0.25) is 11.8 Å². The van der Waals surface area contributed by atoms with E-state index in [1.54, 1.807) is 11.8 Å². The van der Waals surface area contributed by atoms with Crippen LogP contribution < -0.4 is 5.32 Å². The number of carbonyl (C=O) groups excluding carboxylic acids is 1. The van der Waals surface area contributed by atoms with Gasteiger partial charge in [-0.2, -0.15) is 13.2 Å². The van der Waals surface area contributed by atoms with E-state index in [1.165, 1.54) is 0 Å². The summed E-state index contributed by atoms with van der Waals surface area (Å²) in [6.07, 6.45) is -1.02. The molecule has 2 aromatic heterocycles. The Hall–Kier alpha value is -3.57. The number of hydrogen-bond donors (Lipinski definition) is 1. The molecule has 12 heteroatoms. The van der Waals surface area contributed by atoms with Crippen LogP contribution in [0.3, 0.4) is 0 Å². The maximum atomic E-state index is 13.6. The molecule has 0 radical (unpaired) electrons. The Bertz CT molecular complexity index is 1240. The number of anilines is 1. The molecule has 2 fully saturated rings. The standard InChI is InChI=1S/C22H20F4N6O2/c1-11-5-15-8-21(7-11,19-31-30-12(2)34-19)32(15)20(33)29-14-3-4-17(22(24,25)26)16(6-14)18-27-9-13(23)10-28-18/h3-4,6,9-11,15H,5,7-8H2,1-2H3,(H,29,33)/t11-,15?,21-/m0/s1. The first kappa shape index (κ1) is 22.2. The molecule has 3 aromatic rings. The molecular formula is C22H20F4N6O2. The highest BCUT2D eigenvalue weighted by molar-refractivity contribution is 5.92. The van der Waals surface area contributed by atoms with Crippen molar-refractivity contribution >= 4 is 11.7 Å². The Morgan fingerprint density at radius 3 is 2.59 bits per heavy atom. The van der Waals surface area contributed by atoms with Crippen LogP contribution in [0.4, 0.5) is 28.0 Å². The lowest BCUT2D eigenvalue weighted by atomic mass is 9.64. The minimum absolute atomic E-state index is 0.0506. The number of benzene rings is 1. The molecule has 1 aliphatic carbocycles. The molecule has 1 unspecified atom stereocenters. The van der Waals surface area contributed by atoms with Gasteiger partial charge in [-0.05, 0) is 37.0 Å². The largest absolute Gasteiger partial charge is 0.423 e. The van der Waals surface area contributed by atoms with Gasteiger partial charge in [0.1, 0.15) is 5.54 Å². The Morgan fingerprint density at radius 2 is 1.94 bits per heavy atom. The molecule has 3 heterocycles. The molecule has 178 valence electrons. The van der Waals surface area contributed by atoms with E-state index in [0.717, 1.165) is 37.0 Å². The molecule has 1 aromatic carbocycles. The highest BCUT2D eigenvalue weighted by atomic mass is 19.4. The molecular weight excluding hydrogens is 456 g/mol. The van der Waals surface area contributed by atoms with Gasteiger partial charge < -0.3 is 14.6 Å². The summed E-state index contributed by atoms with van der Waals surface area (Å²) in [5, 5.41) is 10.7. The molecule has 1 N–H and O–H groups in total. The van der Waals surface area contributed by atoms with E-state index < -0.39 is 29.1 Å². The van der Waals surface area contributed by atoms with Crippen molar-refractivity contribution in [1.29, 1.82) is 0 Å². The summed E-state index contributed by atoms with van der Waals surface area (Å²) in [5.41, 5.74) is -1.99. The first-order valence-electron chi connectivity index (χ1n) is 10.7. The molecule has 1 saturated carbocycles. The van der Waals surface area contributed by atoms with Gasteiger partial charge in [0.15, 0.2) is 11.6 Å². The van der Waals surface area contributed by atoms with Crippen molar-refractivity contribution in [3.05, 3.63) is 53.8 Å². The van der Waals surface area contributed by atoms with Crippen molar-refractivity contribution in [2.45, 2.75) is 50.9 Å². The summed E-state index contributed by atoms with van der Waals surface area (Å²) >= 11 is 0. The number of aromatic nitrogens is 4. The molecule has 1 aliphatic heterocycles. The number of rotatable bonds is 3. The second kappa shape index (κ2) is 7.74. The van der Waals surface area contributed by atoms with Crippen LogP contribution in [0, 0.1) is 18.7 Å². The first-order chi connectivity index (χ1) is 16.1. The van der Waals surface area contributed by atoms with Crippen molar-refractivity contribution in [2.24, 2.45) is 5.92 Å². The second-order valence-electron chi connectivity index (χ2n) is 8.84. The maximum absolute atomic E-state index is 13.6. The number of aryl methyl sites for hydroxylation is 1. The van der Waals surface area contributed by atoms with Crippen molar-refractivity contribution < 1.29 is 26.8 Å². The van der Waals surface area contributed by atoms with Crippen LogP contribution in [-0.2, 0) is 11.7 Å². The Balaban J connectivity index is 1.47. The predicted octanol–water partition coefficient (Wildman–Crippen LogP) is 4.92. The zero-order chi connectivity index (χ0) is 24.3. The first-order valence-corrected chi connectivity index (χ1v) is 10.7. The number of urea groups is 1. The number of amides is 2. The lowest BCUT2D eigenvalue weighted by Crippen LogP contribution is -2.70. The van der Waals surface area contributed by atoms with Gasteiger partial charge in [0, 0.05) is 30.6 Å². The fourth-order valence-corrected chi connectivity index (χ4v) is 5.12. The topological polar surface area (TPSA) is 97.0 Å². The van der Waals surface area contributed by atoms with Crippen LogP contribution in [0.25, 0.3) is 11.4 Å². The van der Waals surface area contributed by atoms with E-state index in [1.807, 2.05) is 0 Å². The second-order valence-corrected chi connectivity index (χ2v) is 8.84. The molecule has 1 saturated heterocycles. The summed E-state index contributed by atoms with van der Waals surface area (Å²) in [7, 11) is 0. The Labute approximate surface area is 191 Å². The van der Waals surface area contributed by atoms with Crippen LogP contribution in [0.5, 0.6) is 0 Å². The van der Waals surface area contributed by atoms with E-state index >= 15 is 0 Å². The van der Waals surface area contributed by atoms with Gasteiger partial charge in [-0.3, -0.25) is 0 Å². The average molecular weight is 476 g/mol. The van der Waals surface area contributed by atoms with Crippen molar-refractivity contribution in [1.82, 2.24) is 25.1 Å². The smallest absolute Gasteiger partial charge is 0.417 e. The van der Waals surface area contributed by atoms with Gasteiger partial charge in [0.25, 0.3) is 0 Å². The number of halogens is 4. The summed E-state index contributed by atoms with van der Waals surface area (Å²) in [6.45, 7) is 3.76. The minimum atomic E-state index is -4.69. The summed E-state index contributed by atoms with van der Waals surface area (Å²) in [5.74, 6) is -0.00341. The van der Waals surface area contributed by atoms with Crippen molar-refractivity contribution in [2.75, 3.05) is 5.32 Å². The lowest BCUT2D eigenvalue weighted by Gasteiger charge is -2.61. The predicted molar refractivity (Wildman–Crippen MR) is 111 cm³/mol. The zero-order valence-corrected chi connectivity index (χ0v) is 18.2. The number of nitrogens with zero attached hydrogens (tertiary/aromatic N) is 5. The van der Waals surface area contributed by atoms with Crippen molar-refractivity contribution in [3.63, 3.8) is 0 Å². The van der Waals surface area contributed by atoms with Gasteiger partial charge in [-0.25, -0.2) is 19.2 Å². The monoisotopic (exact) mass is 476 g/mol. The molecule has 5 rings (SSSR count). The van der Waals surface area contributed by atoms with E-state index in [-0.39, 0.29) is 23.1 Å². The van der Waals surface area contributed by atoms with Crippen LogP contribution in [-0.4, -0.2) is 37.1 Å². The molecule has 2 aliphatic rings. The number of likely N-dealkylation sites (tertiary alicyclic amines) is 1. The van der Waals surface area contributed by atoms with Gasteiger partial charge in [-0.15, -0.1) is 10.2 Å². The molecule has 2 amide bonds. The van der Waals surface area contributed by atoms with Gasteiger partial charge in [-0.1, -0.05) is 6.92 Å². The number of nitrogens with one attached hydrogen (secondary N) is 1. The molecule has 8 nitrogen and oxygen atoms in total. The van der Waals surface area contributed by atoms with Gasteiger partial charge in [0.05, 0.1) is 18.0 Å². The molecule has 0 spiro atoms. The summed E-state index contributed by atoms with van der Waals surface area (Å²) in [4.78, 5) is 22.3. The average Bonchev–Trinajstić information content (AvgIpc) is 3.19. The maximum Gasteiger partial charge on any atom is 0.417 e. The van der Waals surface area contributed by atoms with E-state index in [4.69, 9.17) is 4.42 Å². The number of carbonyl (C=O) groups is 1. The number of alkyl halides is 3. The zero-order valence-electron chi connectivity index (χ0n) is 18.2. The molecule has 3 atom stereocenters. The third-order valence-corrected chi connectivity index (χ3v) is 6.34. The van der Waals surface area contributed by atoms with Crippen LogP contribution in [0.2, 0.25) is 0 Å². The third kappa shape index (κ3) is 3.66. The highest BCUT2D eigenvalue weighted by Crippen LogP contribution is 2.55. The summed E-state index contributed by atoms with van der Waals surface area (Å²) in [6, 6.07) is 2.61. The van der Waals surface area contributed by atoms with E-state index in [0.29, 0.717) is 30.5 Å². The third-order valence-electron chi connectivity index (χ3n) is 6.34. The van der Waals surface area contributed by atoms with Crippen molar-refractivity contribution in [3.8, 4) is 11.4 Å². The Morgan fingerprint density at radius 1 is 1.21 bits per heavy atom. The molecule has 34 heavy (non-hydrogen) atoms. The van der Waals surface area contributed by atoms with Crippen LogP contribution in [0.1, 0.15) is 43.5 Å². The fourth-order valence-electron chi connectivity index (χ4n) is 5.12. The number of fused-ring (bicyclic) bond motifs is 2. The van der Waals surface area contributed by atoms with E-state index in [2.05, 4.69) is 32.4 Å². The minimum Gasteiger partial charge on any atom is -0.423 e.